The van der Waals surface area contributed by atoms with Crippen molar-refractivity contribution < 1.29 is 0 Å². The Bertz CT molecular complexity index is 528. The lowest BCUT2D eigenvalue weighted by Gasteiger charge is -2.06. The van der Waals surface area contributed by atoms with Gasteiger partial charge < -0.3 is 5.43 Å². The Kier molecular flexibility index (Phi) is 3.61. The smallest absolute Gasteiger partial charge is 0.144 e. The van der Waals surface area contributed by atoms with Crippen LogP contribution in [0, 0.1) is 13.8 Å². The topological polar surface area (TPSA) is 63.8 Å². The first-order valence-corrected chi connectivity index (χ1v) is 6.04. The lowest BCUT2D eigenvalue weighted by molar-refractivity contribution is 1.04. The zero-order valence-corrected chi connectivity index (χ0v) is 10.6. The van der Waals surface area contributed by atoms with Crippen molar-refractivity contribution in [2.45, 2.75) is 23.8 Å². The molecule has 0 radical (unpaired) electrons. The van der Waals surface area contributed by atoms with Gasteiger partial charge in [-0.25, -0.2) is 15.8 Å². The number of aryl methyl sites for hydroxylation is 2. The number of hydrogen-bond acceptors (Lipinski definition) is 5. The molecule has 0 aliphatic carbocycles. The van der Waals surface area contributed by atoms with Gasteiger partial charge in [0.15, 0.2) is 0 Å². The molecule has 1 heterocycles. The molecule has 1 aromatic carbocycles. The molecule has 1 aromatic heterocycles. The molecule has 0 saturated carbocycles. The summed E-state index contributed by atoms with van der Waals surface area (Å²) >= 11 is 1.61. The second kappa shape index (κ2) is 5.16. The normalized spacial score (nSPS) is 10.3. The highest BCUT2D eigenvalue weighted by molar-refractivity contribution is 7.99. The molecule has 2 rings (SSSR count). The molecule has 0 fully saturated rings. The fourth-order valence-electron chi connectivity index (χ4n) is 1.50. The summed E-state index contributed by atoms with van der Waals surface area (Å²) in [5.41, 5.74) is 5.02. The number of hydrazine groups is 1. The van der Waals surface area contributed by atoms with Crippen LogP contribution >= 0.6 is 11.8 Å². The Morgan fingerprint density at radius 3 is 2.71 bits per heavy atom. The van der Waals surface area contributed by atoms with E-state index in [4.69, 9.17) is 5.84 Å². The van der Waals surface area contributed by atoms with Gasteiger partial charge in [0, 0.05) is 11.0 Å². The van der Waals surface area contributed by atoms with Gasteiger partial charge in [-0.3, -0.25) is 0 Å². The third-order valence-electron chi connectivity index (χ3n) is 2.33. The van der Waals surface area contributed by atoms with E-state index in [0.717, 1.165) is 5.03 Å². The number of anilines is 1. The van der Waals surface area contributed by atoms with Gasteiger partial charge in [0.05, 0.1) is 0 Å². The monoisotopic (exact) mass is 246 g/mol. The van der Waals surface area contributed by atoms with Crippen molar-refractivity contribution in [3.63, 3.8) is 0 Å². The van der Waals surface area contributed by atoms with E-state index < -0.39 is 0 Å². The van der Waals surface area contributed by atoms with E-state index in [1.54, 1.807) is 11.8 Å². The van der Waals surface area contributed by atoms with Crippen molar-refractivity contribution in [1.82, 2.24) is 9.97 Å². The fourth-order valence-corrected chi connectivity index (χ4v) is 2.35. The van der Waals surface area contributed by atoms with Gasteiger partial charge >= 0.3 is 0 Å². The van der Waals surface area contributed by atoms with Gasteiger partial charge in [0.1, 0.15) is 17.2 Å². The van der Waals surface area contributed by atoms with E-state index in [-0.39, 0.29) is 0 Å². The van der Waals surface area contributed by atoms with E-state index in [9.17, 15) is 0 Å². The van der Waals surface area contributed by atoms with Gasteiger partial charge in [0.2, 0.25) is 0 Å². The minimum absolute atomic E-state index is 0.618. The number of benzene rings is 1. The molecular weight excluding hydrogens is 232 g/mol. The zero-order chi connectivity index (χ0) is 12.3. The van der Waals surface area contributed by atoms with E-state index in [2.05, 4.69) is 47.4 Å². The summed E-state index contributed by atoms with van der Waals surface area (Å²) in [6.45, 7) is 4.18. The van der Waals surface area contributed by atoms with Crippen LogP contribution in [0.4, 0.5) is 5.82 Å². The maximum absolute atomic E-state index is 5.31. The Balaban J connectivity index is 2.25. The molecule has 0 unspecified atom stereocenters. The first-order valence-electron chi connectivity index (χ1n) is 5.23. The van der Waals surface area contributed by atoms with Crippen molar-refractivity contribution >= 4 is 17.6 Å². The van der Waals surface area contributed by atoms with Gasteiger partial charge in [-0.1, -0.05) is 29.5 Å². The lowest BCUT2D eigenvalue weighted by Crippen LogP contribution is -2.08. The molecule has 4 nitrogen and oxygen atoms in total. The van der Waals surface area contributed by atoms with Crippen molar-refractivity contribution in [3.8, 4) is 0 Å². The molecule has 0 spiro atoms. The molecule has 0 amide bonds. The third-order valence-corrected chi connectivity index (χ3v) is 3.45. The number of nitrogens with zero attached hydrogens (tertiary/aromatic N) is 2. The predicted molar refractivity (Wildman–Crippen MR) is 69.9 cm³/mol. The molecule has 0 atom stereocenters. The Hall–Kier alpha value is -1.59. The number of aromatic nitrogens is 2. The standard InChI is InChI=1S/C12H14N4S/c1-8-3-4-10(9(2)5-8)17-12-6-11(16-13)14-7-15-12/h3-7H,13H2,1-2H3,(H,14,15,16). The number of nitrogen functional groups attached to an aromatic ring is 1. The van der Waals surface area contributed by atoms with Crippen molar-refractivity contribution in [1.29, 1.82) is 0 Å². The quantitative estimate of drug-likeness (QED) is 0.495. The summed E-state index contributed by atoms with van der Waals surface area (Å²) in [5, 5.41) is 0.875. The lowest BCUT2D eigenvalue weighted by atomic mass is 10.2. The summed E-state index contributed by atoms with van der Waals surface area (Å²) in [6.07, 6.45) is 1.50. The highest BCUT2D eigenvalue weighted by Crippen LogP contribution is 2.29. The highest BCUT2D eigenvalue weighted by atomic mass is 32.2. The fraction of sp³-hybridized carbons (Fsp3) is 0.167. The zero-order valence-electron chi connectivity index (χ0n) is 9.77. The maximum Gasteiger partial charge on any atom is 0.144 e. The number of nitrogens with two attached hydrogens (primary N) is 1. The van der Waals surface area contributed by atoms with E-state index >= 15 is 0 Å². The Labute approximate surface area is 105 Å². The summed E-state index contributed by atoms with van der Waals surface area (Å²) in [4.78, 5) is 9.37. The van der Waals surface area contributed by atoms with Crippen LogP contribution in [-0.4, -0.2) is 9.97 Å². The number of hydrogen-bond donors (Lipinski definition) is 2. The average Bonchev–Trinajstić information content (AvgIpc) is 2.33. The van der Waals surface area contributed by atoms with E-state index in [0.29, 0.717) is 5.82 Å². The minimum Gasteiger partial charge on any atom is -0.308 e. The molecule has 3 N–H and O–H groups in total. The molecule has 88 valence electrons. The van der Waals surface area contributed by atoms with Crippen LogP contribution in [0.15, 0.2) is 40.5 Å². The highest BCUT2D eigenvalue weighted by Gasteiger charge is 2.03. The first-order chi connectivity index (χ1) is 8.19. The second-order valence-corrected chi connectivity index (χ2v) is 4.82. The van der Waals surface area contributed by atoms with Gasteiger partial charge in [-0.15, -0.1) is 0 Å². The van der Waals surface area contributed by atoms with Crippen LogP contribution in [0.1, 0.15) is 11.1 Å². The molecular formula is C12H14N4S. The van der Waals surface area contributed by atoms with Crippen LogP contribution in [0.2, 0.25) is 0 Å². The van der Waals surface area contributed by atoms with Crippen LogP contribution in [0.3, 0.4) is 0 Å². The summed E-state index contributed by atoms with van der Waals surface area (Å²) in [6, 6.07) is 8.18. The van der Waals surface area contributed by atoms with Gasteiger partial charge in [-0.05, 0) is 25.5 Å². The van der Waals surface area contributed by atoms with Crippen molar-refractivity contribution in [2.24, 2.45) is 5.84 Å². The van der Waals surface area contributed by atoms with Crippen LogP contribution in [-0.2, 0) is 0 Å². The van der Waals surface area contributed by atoms with Crippen molar-refractivity contribution in [2.75, 3.05) is 5.43 Å². The molecule has 0 bridgehead atoms. The number of rotatable bonds is 3. The second-order valence-electron chi connectivity index (χ2n) is 3.76. The molecule has 0 aliphatic heterocycles. The van der Waals surface area contributed by atoms with Gasteiger partial charge in [-0.2, -0.15) is 0 Å². The molecule has 0 aliphatic rings. The van der Waals surface area contributed by atoms with Gasteiger partial charge in [0.25, 0.3) is 0 Å². The van der Waals surface area contributed by atoms with E-state index in [1.165, 1.54) is 22.3 Å². The van der Waals surface area contributed by atoms with Crippen LogP contribution < -0.4 is 11.3 Å². The Morgan fingerprint density at radius 1 is 1.18 bits per heavy atom. The SMILES string of the molecule is Cc1ccc(Sc2cc(NN)ncn2)c(C)c1. The summed E-state index contributed by atoms with van der Waals surface area (Å²) in [7, 11) is 0. The molecule has 0 saturated heterocycles. The predicted octanol–water partition coefficient (Wildman–Crippen LogP) is 2.53. The largest absolute Gasteiger partial charge is 0.308 e. The van der Waals surface area contributed by atoms with Crippen LogP contribution in [0.5, 0.6) is 0 Å². The summed E-state index contributed by atoms with van der Waals surface area (Å²) < 4.78 is 0. The molecule has 2 aromatic rings. The van der Waals surface area contributed by atoms with Crippen LogP contribution in [0.25, 0.3) is 0 Å². The van der Waals surface area contributed by atoms with Crippen molar-refractivity contribution in [3.05, 3.63) is 41.7 Å². The number of nitrogens with one attached hydrogen (secondary N) is 1. The molecule has 5 heteroatoms. The first kappa shape index (κ1) is 11.9. The van der Waals surface area contributed by atoms with E-state index in [1.807, 2.05) is 6.07 Å². The third kappa shape index (κ3) is 2.95. The Morgan fingerprint density at radius 2 is 2.00 bits per heavy atom. The average molecular weight is 246 g/mol. The maximum atomic E-state index is 5.31. The molecule has 17 heavy (non-hydrogen) atoms. The minimum atomic E-state index is 0.618. The summed E-state index contributed by atoms with van der Waals surface area (Å²) in [5.74, 6) is 5.93.